The van der Waals surface area contributed by atoms with E-state index in [4.69, 9.17) is 4.74 Å². The zero-order chi connectivity index (χ0) is 14.8. The third kappa shape index (κ3) is 2.51. The van der Waals surface area contributed by atoms with Gasteiger partial charge in [0.15, 0.2) is 0 Å². The van der Waals surface area contributed by atoms with Gasteiger partial charge in [0, 0.05) is 25.4 Å². The molecule has 0 saturated carbocycles. The number of benzene rings is 1. The second-order valence-corrected chi connectivity index (χ2v) is 5.30. The predicted molar refractivity (Wildman–Crippen MR) is 79.2 cm³/mol. The summed E-state index contributed by atoms with van der Waals surface area (Å²) in [5, 5.41) is 4.09. The summed E-state index contributed by atoms with van der Waals surface area (Å²) in [6, 6.07) is 8.00. The number of para-hydroxylation sites is 1. The van der Waals surface area contributed by atoms with Gasteiger partial charge < -0.3 is 9.64 Å². The third-order valence-corrected chi connectivity index (χ3v) is 3.96. The normalized spacial score (nSPS) is 18.0. The Bertz CT molecular complexity index is 650. The van der Waals surface area contributed by atoms with Crippen LogP contribution in [0.5, 0.6) is 5.75 Å². The van der Waals surface area contributed by atoms with E-state index < -0.39 is 0 Å². The molecule has 1 saturated heterocycles. The molecule has 1 fully saturated rings. The molecule has 110 valence electrons. The lowest BCUT2D eigenvalue weighted by Crippen LogP contribution is -2.30. The zero-order valence-corrected chi connectivity index (χ0v) is 12.3. The molecule has 0 N–H and O–H groups in total. The highest BCUT2D eigenvalue weighted by molar-refractivity contribution is 5.94. The molecule has 1 amide bonds. The second-order valence-electron chi connectivity index (χ2n) is 5.30. The Morgan fingerprint density at radius 2 is 2.19 bits per heavy atom. The molecule has 0 spiro atoms. The predicted octanol–water partition coefficient (Wildman–Crippen LogP) is 2.41. The van der Waals surface area contributed by atoms with Gasteiger partial charge in [0.2, 0.25) is 0 Å². The summed E-state index contributed by atoms with van der Waals surface area (Å²) in [5.41, 5.74) is 1.72. The Balaban J connectivity index is 1.90. The van der Waals surface area contributed by atoms with Gasteiger partial charge in [-0.3, -0.25) is 9.48 Å². The molecule has 1 aromatic carbocycles. The van der Waals surface area contributed by atoms with Crippen LogP contribution in [-0.2, 0) is 7.05 Å². The van der Waals surface area contributed by atoms with Crippen molar-refractivity contribution in [2.75, 3.05) is 13.7 Å². The van der Waals surface area contributed by atoms with E-state index in [1.54, 1.807) is 24.2 Å². The topological polar surface area (TPSA) is 47.4 Å². The van der Waals surface area contributed by atoms with Crippen LogP contribution in [0.2, 0.25) is 0 Å². The summed E-state index contributed by atoms with van der Waals surface area (Å²) >= 11 is 0. The highest BCUT2D eigenvalue weighted by atomic mass is 16.5. The first-order valence-electron chi connectivity index (χ1n) is 7.13. The summed E-state index contributed by atoms with van der Waals surface area (Å²) in [4.78, 5) is 14.6. The largest absolute Gasteiger partial charge is 0.496 e. The molecule has 5 nitrogen and oxygen atoms in total. The van der Waals surface area contributed by atoms with Crippen LogP contribution in [-0.4, -0.2) is 34.2 Å². The van der Waals surface area contributed by atoms with E-state index >= 15 is 0 Å². The van der Waals surface area contributed by atoms with Crippen molar-refractivity contribution in [2.24, 2.45) is 7.05 Å². The van der Waals surface area contributed by atoms with Gasteiger partial charge in [-0.15, -0.1) is 0 Å². The van der Waals surface area contributed by atoms with Crippen LogP contribution in [0.25, 0.3) is 0 Å². The van der Waals surface area contributed by atoms with Crippen LogP contribution in [0.4, 0.5) is 0 Å². The van der Waals surface area contributed by atoms with Gasteiger partial charge in [-0.1, -0.05) is 18.2 Å². The van der Waals surface area contributed by atoms with Crippen molar-refractivity contribution in [1.82, 2.24) is 14.7 Å². The Morgan fingerprint density at radius 1 is 1.38 bits per heavy atom. The lowest BCUT2D eigenvalue weighted by Gasteiger charge is -2.26. The van der Waals surface area contributed by atoms with E-state index in [9.17, 15) is 4.79 Å². The maximum absolute atomic E-state index is 12.7. The van der Waals surface area contributed by atoms with Crippen LogP contribution in [0.15, 0.2) is 36.7 Å². The average Bonchev–Trinajstić information content (AvgIpc) is 3.15. The lowest BCUT2D eigenvalue weighted by atomic mass is 10.0. The van der Waals surface area contributed by atoms with E-state index in [1.807, 2.05) is 36.2 Å². The fourth-order valence-electron chi connectivity index (χ4n) is 2.97. The van der Waals surface area contributed by atoms with Gasteiger partial charge in [-0.05, 0) is 18.9 Å². The molecular weight excluding hydrogens is 266 g/mol. The summed E-state index contributed by atoms with van der Waals surface area (Å²) in [7, 11) is 3.49. The SMILES string of the molecule is COc1ccccc1C1CCCN1C(=O)c1cnn(C)c1. The molecule has 1 atom stereocenters. The van der Waals surface area contributed by atoms with Crippen molar-refractivity contribution in [2.45, 2.75) is 18.9 Å². The summed E-state index contributed by atoms with van der Waals surface area (Å²) < 4.78 is 7.10. The summed E-state index contributed by atoms with van der Waals surface area (Å²) in [5.74, 6) is 0.880. The number of aryl methyl sites for hydroxylation is 1. The molecule has 0 radical (unpaired) electrons. The highest BCUT2D eigenvalue weighted by Crippen LogP contribution is 2.37. The zero-order valence-electron chi connectivity index (χ0n) is 12.3. The molecule has 1 aromatic heterocycles. The number of hydrogen-bond donors (Lipinski definition) is 0. The van der Waals surface area contributed by atoms with E-state index in [0.29, 0.717) is 5.56 Å². The first-order valence-corrected chi connectivity index (χ1v) is 7.13. The number of likely N-dealkylation sites (tertiary alicyclic amines) is 1. The Labute approximate surface area is 124 Å². The summed E-state index contributed by atoms with van der Waals surface area (Å²) in [6.45, 7) is 0.774. The van der Waals surface area contributed by atoms with Crippen LogP contribution in [0.1, 0.15) is 34.8 Å². The van der Waals surface area contributed by atoms with Gasteiger partial charge in [-0.2, -0.15) is 5.10 Å². The third-order valence-electron chi connectivity index (χ3n) is 3.96. The van der Waals surface area contributed by atoms with Crippen molar-refractivity contribution in [1.29, 1.82) is 0 Å². The minimum Gasteiger partial charge on any atom is -0.496 e. The molecule has 0 aliphatic carbocycles. The Hall–Kier alpha value is -2.30. The first kappa shape index (κ1) is 13.7. The van der Waals surface area contributed by atoms with Crippen molar-refractivity contribution in [3.05, 3.63) is 47.8 Å². The van der Waals surface area contributed by atoms with Crippen LogP contribution < -0.4 is 4.74 Å². The van der Waals surface area contributed by atoms with Gasteiger partial charge in [-0.25, -0.2) is 0 Å². The standard InChI is InChI=1S/C16H19N3O2/c1-18-11-12(10-17-18)16(20)19-9-5-7-14(19)13-6-3-4-8-15(13)21-2/h3-4,6,8,10-11,14H,5,7,9H2,1-2H3. The monoisotopic (exact) mass is 285 g/mol. The minimum absolute atomic E-state index is 0.0384. The molecule has 5 heteroatoms. The number of methoxy groups -OCH3 is 1. The molecule has 1 unspecified atom stereocenters. The van der Waals surface area contributed by atoms with E-state index in [0.717, 1.165) is 30.7 Å². The highest BCUT2D eigenvalue weighted by Gasteiger charge is 2.32. The number of carbonyl (C=O) groups excluding carboxylic acids is 1. The maximum atomic E-state index is 12.7. The lowest BCUT2D eigenvalue weighted by molar-refractivity contribution is 0.0734. The van der Waals surface area contributed by atoms with Gasteiger partial charge in [0.25, 0.3) is 5.91 Å². The first-order chi connectivity index (χ1) is 10.2. The summed E-state index contributed by atoms with van der Waals surface area (Å²) in [6.07, 6.45) is 5.36. The van der Waals surface area contributed by atoms with Crippen molar-refractivity contribution in [3.8, 4) is 5.75 Å². The van der Waals surface area contributed by atoms with Crippen molar-refractivity contribution < 1.29 is 9.53 Å². The molecule has 3 rings (SSSR count). The fourth-order valence-corrected chi connectivity index (χ4v) is 2.97. The number of ether oxygens (including phenoxy) is 1. The van der Waals surface area contributed by atoms with Gasteiger partial charge in [0.05, 0.1) is 24.9 Å². The number of carbonyl (C=O) groups is 1. The molecule has 2 aromatic rings. The molecule has 0 bridgehead atoms. The molecule has 2 heterocycles. The number of amides is 1. The molecule has 1 aliphatic heterocycles. The average molecular weight is 285 g/mol. The van der Waals surface area contributed by atoms with Crippen LogP contribution >= 0.6 is 0 Å². The van der Waals surface area contributed by atoms with E-state index in [-0.39, 0.29) is 11.9 Å². The fraction of sp³-hybridized carbons (Fsp3) is 0.375. The van der Waals surface area contributed by atoms with E-state index in [1.165, 1.54) is 0 Å². The van der Waals surface area contributed by atoms with Crippen LogP contribution in [0, 0.1) is 0 Å². The Morgan fingerprint density at radius 3 is 2.90 bits per heavy atom. The second kappa shape index (κ2) is 5.60. The quantitative estimate of drug-likeness (QED) is 0.870. The van der Waals surface area contributed by atoms with Crippen LogP contribution in [0.3, 0.4) is 0 Å². The number of rotatable bonds is 3. The minimum atomic E-state index is 0.0384. The smallest absolute Gasteiger partial charge is 0.257 e. The van der Waals surface area contributed by atoms with Gasteiger partial charge >= 0.3 is 0 Å². The maximum Gasteiger partial charge on any atom is 0.257 e. The molecule has 21 heavy (non-hydrogen) atoms. The Kier molecular flexibility index (Phi) is 3.64. The number of hydrogen-bond acceptors (Lipinski definition) is 3. The van der Waals surface area contributed by atoms with Crippen molar-refractivity contribution in [3.63, 3.8) is 0 Å². The number of nitrogens with zero attached hydrogens (tertiary/aromatic N) is 3. The van der Waals surface area contributed by atoms with E-state index in [2.05, 4.69) is 5.10 Å². The van der Waals surface area contributed by atoms with Crippen molar-refractivity contribution >= 4 is 5.91 Å². The van der Waals surface area contributed by atoms with Gasteiger partial charge in [0.1, 0.15) is 5.75 Å². The number of aromatic nitrogens is 2. The molecule has 1 aliphatic rings. The molecular formula is C16H19N3O2.